The van der Waals surface area contributed by atoms with Gasteiger partial charge >= 0.3 is 186 Å². The number of para-hydroxylation sites is 1. The van der Waals surface area contributed by atoms with E-state index in [0.717, 1.165) is 6.42 Å². The van der Waals surface area contributed by atoms with Gasteiger partial charge in [-0.1, -0.05) is 47.5 Å². The second-order valence-corrected chi connectivity index (χ2v) is 32.3. The van der Waals surface area contributed by atoms with Crippen LogP contribution < -0.4 is 37.1 Å². The smallest absolute Gasteiger partial charge is 0.371 e. The Labute approximate surface area is 381 Å². The largest absolute Gasteiger partial charge is 1.00 e. The molecule has 314 valence electrons. The van der Waals surface area contributed by atoms with Gasteiger partial charge in [0.15, 0.2) is 0 Å². The van der Waals surface area contributed by atoms with Crippen LogP contribution in [0.5, 0.6) is 0 Å². The van der Waals surface area contributed by atoms with Gasteiger partial charge in [0.1, 0.15) is 0 Å². The molecule has 3 aromatic rings. The summed E-state index contributed by atoms with van der Waals surface area (Å²) in [6.45, 7) is 20.6. The van der Waals surface area contributed by atoms with Crippen molar-refractivity contribution in [2.75, 3.05) is 54.0 Å². The van der Waals surface area contributed by atoms with Crippen LogP contribution in [0.1, 0.15) is 151 Å². The van der Waals surface area contributed by atoms with Crippen molar-refractivity contribution < 1.29 is 18.9 Å². The monoisotopic (exact) mass is 951 g/mol. The minimum atomic E-state index is -2.28. The van der Waals surface area contributed by atoms with Crippen LogP contribution >= 0.6 is 15.9 Å². The molecule has 0 atom stereocenters. The molecule has 0 unspecified atom stereocenters. The number of benzene rings is 3. The van der Waals surface area contributed by atoms with Crippen molar-refractivity contribution >= 4 is 54.9 Å². The zero-order valence-electron chi connectivity index (χ0n) is 38.0. The van der Waals surface area contributed by atoms with Crippen LogP contribution in [0, 0.1) is 6.92 Å². The van der Waals surface area contributed by atoms with Crippen LogP contribution in [0.25, 0.3) is 0 Å². The van der Waals surface area contributed by atoms with E-state index in [1.807, 2.05) is 3.58 Å². The first-order valence-corrected chi connectivity index (χ1v) is 32.3. The number of anilines is 3. The fourth-order valence-corrected chi connectivity index (χ4v) is 27.7. The summed E-state index contributed by atoms with van der Waals surface area (Å²) in [5.74, 6) is 0. The third-order valence-corrected chi connectivity index (χ3v) is 29.9. The average Bonchev–Trinajstić information content (AvgIpc) is 3.25. The molecule has 6 aliphatic rings. The summed E-state index contributed by atoms with van der Waals surface area (Å²) in [4.78, 5) is 7.87. The molecule has 3 aromatic carbocycles. The maximum atomic E-state index is 3.61. The van der Waals surface area contributed by atoms with Gasteiger partial charge in [-0.25, -0.2) is 0 Å². The molecule has 0 bridgehead atoms. The van der Waals surface area contributed by atoms with Crippen LogP contribution in [0.4, 0.5) is 17.1 Å². The quantitative estimate of drug-likeness (QED) is 0.140. The maximum Gasteiger partial charge on any atom is 1.00 e. The fourth-order valence-electron chi connectivity index (χ4n) is 10.9. The number of hydrogen-bond acceptors (Lipinski definition) is 3. The number of nitrogens with zero attached hydrogens (tertiary/aromatic N) is 3. The molecular formula is C52H79BrLiN3Sn. The molecule has 3 nitrogen and oxygen atoms in total. The summed E-state index contributed by atoms with van der Waals surface area (Å²) in [5, 5.41) is 0. The van der Waals surface area contributed by atoms with Crippen molar-refractivity contribution in [2.45, 2.75) is 169 Å². The van der Waals surface area contributed by atoms with Gasteiger partial charge in [0.05, 0.1) is 0 Å². The predicted octanol–water partition coefficient (Wildman–Crippen LogP) is 10.6. The van der Waals surface area contributed by atoms with Gasteiger partial charge in [-0.05, 0) is 85.8 Å². The number of rotatable bonds is 11. The van der Waals surface area contributed by atoms with Gasteiger partial charge in [0.25, 0.3) is 0 Å². The first kappa shape index (κ1) is 48.0. The Balaban J connectivity index is 0.000000168. The predicted molar refractivity (Wildman–Crippen MR) is 258 cm³/mol. The summed E-state index contributed by atoms with van der Waals surface area (Å²) in [6, 6.07) is 16.9. The van der Waals surface area contributed by atoms with Gasteiger partial charge in [-0.2, -0.15) is 6.42 Å². The SMILES string of the molecule is Brc1cc2c3c(c1)CCCN3CCC2.CCC[CH2][Sn]([CH2]CCC)([CH2]CCC)[c]1cc2c3c(c1)CCCN3CCC2.[CH2-]CCC.[Li+].c1cc2c3c(c1)CCCN3CCC2. The number of halogens is 1. The van der Waals surface area contributed by atoms with Crippen molar-refractivity contribution in [2.24, 2.45) is 0 Å². The number of unbranched alkanes of at least 4 members (excludes halogenated alkanes) is 4. The van der Waals surface area contributed by atoms with E-state index in [1.54, 1.807) is 63.8 Å². The Bertz CT molecular complexity index is 1590. The first-order chi connectivity index (χ1) is 27.9. The van der Waals surface area contributed by atoms with Crippen molar-refractivity contribution in [3.05, 3.63) is 87.2 Å². The standard InChI is InChI=1S/C12H14BrN.C12H15N.C12H14N.4C4H9.Li.Sn/c13-11-7-9-3-1-5-14-6-2-4-10(8-11)12(9)14;2*1-4-10-6-2-8-13-9-3-7-11(5-1)12(10)13;4*1-3-4-2;;/h7-8H,1-6H2;1,4-5H,2-3,6-9H2;4-5H,2-3,6-9H2;4*1,3-4H2,2H3;;/q;;;;;;-1;+1;. The molecule has 58 heavy (non-hydrogen) atoms. The molecule has 6 heterocycles. The Morgan fingerprint density at radius 2 is 0.810 bits per heavy atom. The van der Waals surface area contributed by atoms with Crippen LogP contribution in [-0.4, -0.2) is 57.6 Å². The first-order valence-electron chi connectivity index (χ1n) is 24.1. The second kappa shape index (κ2) is 24.5. The zero-order chi connectivity index (χ0) is 40.0. The summed E-state index contributed by atoms with van der Waals surface area (Å²) < 4.78 is 8.00. The molecule has 0 saturated carbocycles. The van der Waals surface area contributed by atoms with Gasteiger partial charge in [-0.3, -0.25) is 0 Å². The van der Waals surface area contributed by atoms with E-state index in [-0.39, 0.29) is 18.9 Å². The summed E-state index contributed by atoms with van der Waals surface area (Å²) in [6.07, 6.45) is 26.7. The summed E-state index contributed by atoms with van der Waals surface area (Å²) >= 11 is 1.33. The molecule has 0 aromatic heterocycles. The van der Waals surface area contributed by atoms with Gasteiger partial charge in [-0.15, -0.1) is 0 Å². The van der Waals surface area contributed by atoms with Crippen molar-refractivity contribution in [1.82, 2.24) is 0 Å². The molecule has 0 N–H and O–H groups in total. The molecule has 0 aliphatic carbocycles. The molecule has 0 spiro atoms. The van der Waals surface area contributed by atoms with Crippen LogP contribution in [-0.2, 0) is 38.5 Å². The van der Waals surface area contributed by atoms with Crippen molar-refractivity contribution in [3.8, 4) is 0 Å². The topological polar surface area (TPSA) is 9.72 Å². The van der Waals surface area contributed by atoms with E-state index in [9.17, 15) is 0 Å². The number of aryl methyl sites for hydroxylation is 6. The summed E-state index contributed by atoms with van der Waals surface area (Å²) in [7, 11) is 0. The van der Waals surface area contributed by atoms with E-state index in [2.05, 4.69) is 108 Å². The molecule has 6 aliphatic heterocycles. The van der Waals surface area contributed by atoms with Gasteiger partial charge < -0.3 is 16.7 Å². The Hall–Kier alpha value is -1.06. The molecule has 6 heteroatoms. The van der Waals surface area contributed by atoms with E-state index in [4.69, 9.17) is 0 Å². The van der Waals surface area contributed by atoms with Crippen LogP contribution in [0.2, 0.25) is 13.3 Å². The van der Waals surface area contributed by atoms with Crippen molar-refractivity contribution in [3.63, 3.8) is 0 Å². The molecule has 0 amide bonds. The minimum absolute atomic E-state index is 0. The average molecular weight is 952 g/mol. The minimum Gasteiger partial charge on any atom is -0.371 e. The summed E-state index contributed by atoms with van der Waals surface area (Å²) in [5.41, 5.74) is 14.6. The Kier molecular flexibility index (Phi) is 20.3. The van der Waals surface area contributed by atoms with E-state index in [1.165, 1.54) is 166 Å². The van der Waals surface area contributed by atoms with Crippen LogP contribution in [0.15, 0.2) is 46.9 Å². The Morgan fingerprint density at radius 1 is 0.500 bits per heavy atom. The van der Waals surface area contributed by atoms with E-state index >= 15 is 0 Å². The van der Waals surface area contributed by atoms with Crippen LogP contribution in [0.3, 0.4) is 0 Å². The Morgan fingerprint density at radius 3 is 1.14 bits per heavy atom. The molecule has 0 fully saturated rings. The molecule has 0 radical (unpaired) electrons. The second-order valence-electron chi connectivity index (χ2n) is 18.2. The van der Waals surface area contributed by atoms with Crippen molar-refractivity contribution in [1.29, 1.82) is 0 Å². The van der Waals surface area contributed by atoms with E-state index in [0.29, 0.717) is 0 Å². The maximum absolute atomic E-state index is 3.61. The normalized spacial score (nSPS) is 17.1. The van der Waals surface area contributed by atoms with Gasteiger partial charge in [0, 0.05) is 42.0 Å². The van der Waals surface area contributed by atoms with E-state index < -0.39 is 18.4 Å². The third kappa shape index (κ3) is 12.1. The molecule has 0 saturated heterocycles. The zero-order valence-corrected chi connectivity index (χ0v) is 42.4. The number of hydrogen-bond donors (Lipinski definition) is 0. The van der Waals surface area contributed by atoms with Gasteiger partial charge in [0.2, 0.25) is 0 Å². The third-order valence-electron chi connectivity index (χ3n) is 13.9. The fraction of sp³-hybridized carbons (Fsp3) is 0.635. The molecule has 9 rings (SSSR count). The molecular weight excluding hydrogens is 872 g/mol.